The Labute approximate surface area is 186 Å². The molecule has 0 spiro atoms. The third-order valence-electron chi connectivity index (χ3n) is 5.62. The molecule has 3 aromatic rings. The van der Waals surface area contributed by atoms with Crippen molar-refractivity contribution in [3.63, 3.8) is 0 Å². The fraction of sp³-hybridized carbons (Fsp3) is 0.304. The van der Waals surface area contributed by atoms with Crippen molar-refractivity contribution in [2.24, 2.45) is 0 Å². The predicted octanol–water partition coefficient (Wildman–Crippen LogP) is 4.15. The first-order chi connectivity index (χ1) is 15.7. The number of aromatic amines is 1. The Morgan fingerprint density at radius 1 is 1.31 bits per heavy atom. The van der Waals surface area contributed by atoms with Crippen molar-refractivity contribution in [2.75, 3.05) is 24.8 Å². The van der Waals surface area contributed by atoms with E-state index in [0.29, 0.717) is 40.2 Å². The molecule has 1 saturated carbocycles. The summed E-state index contributed by atoms with van der Waals surface area (Å²) in [4.78, 5) is 12.4. The number of nitrogens with one attached hydrogen (secondary N) is 5. The van der Waals surface area contributed by atoms with Crippen molar-refractivity contribution in [2.45, 2.75) is 31.7 Å². The second-order valence-corrected chi connectivity index (χ2v) is 7.60. The van der Waals surface area contributed by atoms with Gasteiger partial charge in [-0.25, -0.2) is 0 Å². The van der Waals surface area contributed by atoms with Crippen LogP contribution < -0.4 is 20.7 Å². The molecule has 0 amide bonds. The van der Waals surface area contributed by atoms with Gasteiger partial charge in [0.25, 0.3) is 0 Å². The van der Waals surface area contributed by atoms with Gasteiger partial charge in [0.05, 0.1) is 18.1 Å². The van der Waals surface area contributed by atoms with Crippen LogP contribution in [0.4, 0.5) is 17.5 Å². The predicted molar refractivity (Wildman–Crippen MR) is 127 cm³/mol. The first kappa shape index (κ1) is 21.2. The number of fused-ring (bicyclic) bond motifs is 1. The molecule has 1 aliphatic rings. The highest BCUT2D eigenvalue weighted by Gasteiger charge is 2.20. The fourth-order valence-corrected chi connectivity index (χ4v) is 4.06. The van der Waals surface area contributed by atoms with Crippen LogP contribution in [0.25, 0.3) is 16.7 Å². The lowest BCUT2D eigenvalue weighted by Gasteiger charge is -2.16. The summed E-state index contributed by atoms with van der Waals surface area (Å²) in [5, 5.41) is 27.4. The molecule has 32 heavy (non-hydrogen) atoms. The summed E-state index contributed by atoms with van der Waals surface area (Å²) in [5.74, 6) is 1.73. The van der Waals surface area contributed by atoms with E-state index >= 15 is 0 Å². The number of methoxy groups -OCH3 is 1. The van der Waals surface area contributed by atoms with E-state index in [1.165, 1.54) is 19.1 Å². The third-order valence-corrected chi connectivity index (χ3v) is 5.62. The molecule has 164 valence electrons. The Bertz CT molecular complexity index is 1200. The van der Waals surface area contributed by atoms with Gasteiger partial charge in [-0.2, -0.15) is 15.2 Å². The van der Waals surface area contributed by atoms with Crippen molar-refractivity contribution in [1.29, 1.82) is 10.7 Å². The van der Waals surface area contributed by atoms with Gasteiger partial charge in [-0.1, -0.05) is 12.8 Å². The summed E-state index contributed by atoms with van der Waals surface area (Å²) < 4.78 is 5.56. The standard InChI is InChI=1S/C23H26N8O/c1-26-18(9-10-24)17-8-7-16(11-19(17)32-2)29-23-30-21-20(14(12-25)13-27-21)22(31-23)28-15-5-3-4-6-15/h7-11,13,15,24,26H,3-6H2,1-2H3,(H3,27,28,29,30,31)/b18-9-,24-10?. The van der Waals surface area contributed by atoms with E-state index in [2.05, 4.69) is 32.0 Å². The van der Waals surface area contributed by atoms with Crippen LogP contribution in [0.15, 0.2) is 30.5 Å². The highest BCUT2D eigenvalue weighted by Crippen LogP contribution is 2.32. The molecule has 9 heteroatoms. The molecule has 0 atom stereocenters. The SMILES string of the molecule is CN/C(=C\C=N)c1ccc(Nc2nc(NC3CCCC3)c3c(C#N)c[nH]c3n2)cc1OC. The van der Waals surface area contributed by atoms with E-state index in [9.17, 15) is 5.26 Å². The largest absolute Gasteiger partial charge is 0.496 e. The third kappa shape index (κ3) is 4.21. The molecule has 2 aromatic heterocycles. The summed E-state index contributed by atoms with van der Waals surface area (Å²) >= 11 is 0. The number of ether oxygens (including phenoxy) is 1. The zero-order valence-corrected chi connectivity index (χ0v) is 18.1. The Balaban J connectivity index is 1.69. The number of hydrogen-bond acceptors (Lipinski definition) is 8. The first-order valence-electron chi connectivity index (χ1n) is 10.6. The summed E-state index contributed by atoms with van der Waals surface area (Å²) in [6.45, 7) is 0. The van der Waals surface area contributed by atoms with Crippen LogP contribution in [0, 0.1) is 16.7 Å². The van der Waals surface area contributed by atoms with E-state index in [1.54, 1.807) is 26.4 Å². The lowest BCUT2D eigenvalue weighted by Crippen LogP contribution is -2.16. The Hall–Kier alpha value is -4.06. The van der Waals surface area contributed by atoms with Crippen LogP contribution in [0.3, 0.4) is 0 Å². The second kappa shape index (κ2) is 9.39. The molecule has 1 fully saturated rings. The molecule has 0 radical (unpaired) electrons. The Kier molecular flexibility index (Phi) is 6.22. The summed E-state index contributed by atoms with van der Waals surface area (Å²) in [6, 6.07) is 8.24. The average Bonchev–Trinajstić information content (AvgIpc) is 3.47. The van der Waals surface area contributed by atoms with Gasteiger partial charge in [0, 0.05) is 48.5 Å². The van der Waals surface area contributed by atoms with Crippen molar-refractivity contribution in [1.82, 2.24) is 20.3 Å². The smallest absolute Gasteiger partial charge is 0.231 e. The van der Waals surface area contributed by atoms with Gasteiger partial charge in [0.2, 0.25) is 5.95 Å². The summed E-state index contributed by atoms with van der Waals surface area (Å²) in [6.07, 6.45) is 9.14. The minimum Gasteiger partial charge on any atom is -0.496 e. The van der Waals surface area contributed by atoms with Gasteiger partial charge in [0.15, 0.2) is 0 Å². The highest BCUT2D eigenvalue weighted by molar-refractivity contribution is 5.94. The molecule has 0 aliphatic heterocycles. The zero-order valence-electron chi connectivity index (χ0n) is 18.1. The summed E-state index contributed by atoms with van der Waals surface area (Å²) in [7, 11) is 3.41. The second-order valence-electron chi connectivity index (χ2n) is 7.60. The number of rotatable bonds is 8. The average molecular weight is 431 g/mol. The molecule has 0 bridgehead atoms. The van der Waals surface area contributed by atoms with Gasteiger partial charge in [-0.05, 0) is 31.1 Å². The van der Waals surface area contributed by atoms with Crippen LogP contribution in [0.5, 0.6) is 5.75 Å². The fourth-order valence-electron chi connectivity index (χ4n) is 4.06. The maximum atomic E-state index is 9.49. The number of hydrogen-bond donors (Lipinski definition) is 5. The number of benzene rings is 1. The molecular weight excluding hydrogens is 404 g/mol. The first-order valence-corrected chi connectivity index (χ1v) is 10.6. The van der Waals surface area contributed by atoms with Crippen molar-refractivity contribution < 1.29 is 4.74 Å². The number of nitriles is 1. The van der Waals surface area contributed by atoms with Crippen LogP contribution in [0.2, 0.25) is 0 Å². The van der Waals surface area contributed by atoms with Crippen LogP contribution in [0.1, 0.15) is 36.8 Å². The number of allylic oxidation sites excluding steroid dienone is 1. The van der Waals surface area contributed by atoms with E-state index in [1.807, 2.05) is 18.2 Å². The molecule has 9 nitrogen and oxygen atoms in total. The topological polar surface area (TPSA) is 135 Å². The normalized spacial score (nSPS) is 14.2. The van der Waals surface area contributed by atoms with Crippen molar-refractivity contribution in [3.8, 4) is 11.8 Å². The molecular formula is C23H26N8O. The maximum absolute atomic E-state index is 9.49. The molecule has 5 N–H and O–H groups in total. The Morgan fingerprint density at radius 2 is 2.12 bits per heavy atom. The van der Waals surface area contributed by atoms with Gasteiger partial charge in [-0.15, -0.1) is 0 Å². The lowest BCUT2D eigenvalue weighted by atomic mass is 10.1. The molecule has 0 saturated heterocycles. The van der Waals surface area contributed by atoms with Crippen molar-refractivity contribution in [3.05, 3.63) is 41.6 Å². The van der Waals surface area contributed by atoms with Crippen LogP contribution in [-0.4, -0.2) is 41.4 Å². The maximum Gasteiger partial charge on any atom is 0.231 e. The van der Waals surface area contributed by atoms with Gasteiger partial charge >= 0.3 is 0 Å². The molecule has 2 heterocycles. The molecule has 1 aliphatic carbocycles. The van der Waals surface area contributed by atoms with E-state index in [4.69, 9.17) is 15.1 Å². The summed E-state index contributed by atoms with van der Waals surface area (Å²) in [5.41, 5.74) is 3.51. The van der Waals surface area contributed by atoms with Gasteiger partial charge in [-0.3, -0.25) is 0 Å². The quantitative estimate of drug-likeness (QED) is 0.339. The molecule has 4 rings (SSSR count). The monoisotopic (exact) mass is 430 g/mol. The van der Waals surface area contributed by atoms with E-state index in [0.717, 1.165) is 29.8 Å². The minimum absolute atomic E-state index is 0.349. The zero-order chi connectivity index (χ0) is 22.5. The number of aromatic nitrogens is 3. The van der Waals surface area contributed by atoms with Crippen LogP contribution in [-0.2, 0) is 0 Å². The van der Waals surface area contributed by atoms with E-state index in [-0.39, 0.29) is 0 Å². The van der Waals surface area contributed by atoms with Crippen LogP contribution >= 0.6 is 0 Å². The van der Waals surface area contributed by atoms with E-state index < -0.39 is 0 Å². The minimum atomic E-state index is 0.349. The number of H-pyrrole nitrogens is 1. The number of nitrogens with zero attached hydrogens (tertiary/aromatic N) is 3. The molecule has 0 unspecified atom stereocenters. The number of anilines is 3. The van der Waals surface area contributed by atoms with Gasteiger partial charge < -0.3 is 31.1 Å². The van der Waals surface area contributed by atoms with Crippen molar-refractivity contribution >= 4 is 40.4 Å². The molecule has 1 aromatic carbocycles. The lowest BCUT2D eigenvalue weighted by molar-refractivity contribution is 0.413. The Morgan fingerprint density at radius 3 is 2.81 bits per heavy atom. The van der Waals surface area contributed by atoms with Gasteiger partial charge in [0.1, 0.15) is 23.3 Å². The highest BCUT2D eigenvalue weighted by atomic mass is 16.5.